The van der Waals surface area contributed by atoms with Gasteiger partial charge in [0.15, 0.2) is 11.5 Å². The molecular formula is C28H30N2O10S. The van der Waals surface area contributed by atoms with Gasteiger partial charge in [-0.1, -0.05) is 23.9 Å². The van der Waals surface area contributed by atoms with Crippen molar-refractivity contribution in [3.05, 3.63) is 68.9 Å². The molecule has 1 aliphatic rings. The number of carbonyl (C=O) groups is 3. The molecule has 1 aliphatic heterocycles. The number of hydrogen-bond acceptors (Lipinski definition) is 12. The number of rotatable bonds is 11. The van der Waals surface area contributed by atoms with E-state index in [4.69, 9.17) is 23.7 Å². The van der Waals surface area contributed by atoms with E-state index >= 15 is 0 Å². The summed E-state index contributed by atoms with van der Waals surface area (Å²) in [5, 5.41) is 11.1. The molecule has 2 aromatic carbocycles. The Morgan fingerprint density at radius 1 is 1.02 bits per heavy atom. The Bertz CT molecular complexity index is 1390. The number of carbonyl (C=O) groups excluding carboxylic acids is 3. The minimum Gasteiger partial charge on any atom is -0.493 e. The van der Waals surface area contributed by atoms with Crippen molar-refractivity contribution in [2.45, 2.75) is 19.8 Å². The zero-order chi connectivity index (χ0) is 30.3. The van der Waals surface area contributed by atoms with E-state index in [0.29, 0.717) is 28.5 Å². The lowest BCUT2D eigenvalue weighted by molar-refractivity contribution is -0.384. The summed E-state index contributed by atoms with van der Waals surface area (Å²) in [6.45, 7) is 3.25. The Hall–Kier alpha value is -4.39. The summed E-state index contributed by atoms with van der Waals surface area (Å²) in [4.78, 5) is 55.0. The Morgan fingerprint density at radius 2 is 1.68 bits per heavy atom. The van der Waals surface area contributed by atoms with Crippen LogP contribution >= 0.6 is 11.8 Å². The number of aliphatic imine (C=N–C) groups is 1. The summed E-state index contributed by atoms with van der Waals surface area (Å²) in [6.07, 6.45) is 0. The fraction of sp³-hybridized carbons (Fsp3) is 0.357. The summed E-state index contributed by atoms with van der Waals surface area (Å²) in [5.74, 6) is -2.66. The van der Waals surface area contributed by atoms with E-state index < -0.39 is 28.7 Å². The summed E-state index contributed by atoms with van der Waals surface area (Å²) in [7, 11) is 5.51. The Balaban J connectivity index is 2.12. The number of esters is 2. The van der Waals surface area contributed by atoms with Crippen LogP contribution in [0, 0.1) is 16.0 Å². The van der Waals surface area contributed by atoms with Crippen LogP contribution in [0.4, 0.5) is 5.69 Å². The van der Waals surface area contributed by atoms with Crippen LogP contribution in [0.3, 0.4) is 0 Å². The summed E-state index contributed by atoms with van der Waals surface area (Å²) >= 11 is 0.862. The molecule has 0 radical (unpaired) electrons. The van der Waals surface area contributed by atoms with Gasteiger partial charge in [-0.3, -0.25) is 24.7 Å². The molecule has 1 heterocycles. The summed E-state index contributed by atoms with van der Waals surface area (Å²) in [5.41, 5.74) is 0.884. The minimum absolute atomic E-state index is 0.0125. The number of non-ortho nitro benzene ring substituents is 1. The number of benzene rings is 2. The fourth-order valence-corrected chi connectivity index (χ4v) is 5.31. The molecule has 13 heteroatoms. The van der Waals surface area contributed by atoms with E-state index in [1.165, 1.54) is 58.8 Å². The van der Waals surface area contributed by atoms with Crippen LogP contribution in [0.5, 0.6) is 17.2 Å². The average Bonchev–Trinajstić information content (AvgIpc) is 2.98. The molecule has 0 bridgehead atoms. The molecule has 0 fully saturated rings. The lowest BCUT2D eigenvalue weighted by atomic mass is 9.75. The second-order valence-electron chi connectivity index (χ2n) is 8.65. The number of nitro benzene ring substituents is 1. The van der Waals surface area contributed by atoms with Crippen molar-refractivity contribution in [3.63, 3.8) is 0 Å². The normalized spacial score (nSPS) is 16.4. The molecule has 2 unspecified atom stereocenters. The second-order valence-corrected chi connectivity index (χ2v) is 9.60. The van der Waals surface area contributed by atoms with E-state index in [-0.39, 0.29) is 40.0 Å². The highest BCUT2D eigenvalue weighted by Gasteiger charge is 2.43. The zero-order valence-corrected chi connectivity index (χ0v) is 24.2. The number of ether oxygens (including phenoxy) is 5. The predicted molar refractivity (Wildman–Crippen MR) is 151 cm³/mol. The van der Waals surface area contributed by atoms with Gasteiger partial charge in [0, 0.05) is 35.1 Å². The first-order valence-corrected chi connectivity index (χ1v) is 13.3. The standard InChI is InChI=1S/C28H30N2O10S/c1-7-40-27(32)24-19(14-41-28(33)17-12-20(36-3)25(38-5)21(13-17)37-4)29-15(2)22(26(31)39-6)23(24)16-9-8-10-18(11-16)30(34)35/h8-13,22-23H,7,14H2,1-6H3. The molecule has 12 nitrogen and oxygen atoms in total. The molecule has 0 spiro atoms. The molecular weight excluding hydrogens is 556 g/mol. The first kappa shape index (κ1) is 31.1. The van der Waals surface area contributed by atoms with E-state index in [1.54, 1.807) is 19.9 Å². The van der Waals surface area contributed by atoms with E-state index in [1.807, 2.05) is 0 Å². The number of thioether (sulfide) groups is 1. The van der Waals surface area contributed by atoms with Crippen LogP contribution in [0.25, 0.3) is 0 Å². The van der Waals surface area contributed by atoms with Gasteiger partial charge in [0.2, 0.25) is 10.9 Å². The van der Waals surface area contributed by atoms with Gasteiger partial charge in [0.1, 0.15) is 5.92 Å². The molecule has 3 rings (SSSR count). The van der Waals surface area contributed by atoms with E-state index in [2.05, 4.69) is 4.99 Å². The first-order chi connectivity index (χ1) is 19.6. The molecule has 2 aromatic rings. The van der Waals surface area contributed by atoms with Crippen molar-refractivity contribution in [1.29, 1.82) is 0 Å². The molecule has 0 saturated heterocycles. The third kappa shape index (κ3) is 6.68. The fourth-order valence-electron chi connectivity index (χ4n) is 4.53. The molecule has 0 saturated carbocycles. The van der Waals surface area contributed by atoms with Crippen molar-refractivity contribution >= 4 is 40.2 Å². The van der Waals surface area contributed by atoms with Crippen molar-refractivity contribution in [3.8, 4) is 17.2 Å². The van der Waals surface area contributed by atoms with Gasteiger partial charge in [0.05, 0.1) is 51.2 Å². The maximum atomic E-state index is 13.3. The maximum Gasteiger partial charge on any atom is 0.336 e. The third-order valence-corrected chi connectivity index (χ3v) is 7.26. The van der Waals surface area contributed by atoms with Crippen molar-refractivity contribution in [1.82, 2.24) is 0 Å². The molecule has 0 aliphatic carbocycles. The summed E-state index contributed by atoms with van der Waals surface area (Å²) < 4.78 is 26.3. The lowest BCUT2D eigenvalue weighted by Crippen LogP contribution is -2.36. The minimum atomic E-state index is -1.05. The Labute approximate surface area is 240 Å². The monoisotopic (exact) mass is 586 g/mol. The highest BCUT2D eigenvalue weighted by Crippen LogP contribution is 2.43. The maximum absolute atomic E-state index is 13.3. The van der Waals surface area contributed by atoms with Gasteiger partial charge in [-0.25, -0.2) is 4.79 Å². The van der Waals surface area contributed by atoms with Crippen LogP contribution in [-0.2, 0) is 19.1 Å². The van der Waals surface area contributed by atoms with Gasteiger partial charge in [-0.05, 0) is 31.5 Å². The molecule has 0 aromatic heterocycles. The molecule has 41 heavy (non-hydrogen) atoms. The van der Waals surface area contributed by atoms with Crippen LogP contribution in [0.2, 0.25) is 0 Å². The first-order valence-electron chi connectivity index (χ1n) is 12.4. The third-order valence-electron chi connectivity index (χ3n) is 6.35. The number of hydrogen-bond donors (Lipinski definition) is 0. The largest absolute Gasteiger partial charge is 0.493 e. The number of methoxy groups -OCH3 is 4. The highest BCUT2D eigenvalue weighted by atomic mass is 32.2. The Kier molecular flexibility index (Phi) is 10.5. The SMILES string of the molecule is CCOC(=O)C1=C(CSC(=O)c2cc(OC)c(OC)c(OC)c2)N=C(C)C(C(=O)OC)C1c1cccc([N+](=O)[O-])c1. The van der Waals surface area contributed by atoms with Crippen LogP contribution in [0.15, 0.2) is 52.7 Å². The van der Waals surface area contributed by atoms with Gasteiger partial charge in [0.25, 0.3) is 5.69 Å². The number of nitrogens with zero attached hydrogens (tertiary/aromatic N) is 2. The molecule has 2 atom stereocenters. The van der Waals surface area contributed by atoms with Crippen LogP contribution in [0.1, 0.15) is 35.7 Å². The van der Waals surface area contributed by atoms with Gasteiger partial charge in [-0.15, -0.1) is 0 Å². The zero-order valence-electron chi connectivity index (χ0n) is 23.4. The van der Waals surface area contributed by atoms with Crippen molar-refractivity contribution in [2.24, 2.45) is 10.9 Å². The summed E-state index contributed by atoms with van der Waals surface area (Å²) in [6, 6.07) is 8.66. The van der Waals surface area contributed by atoms with Crippen LogP contribution in [-0.4, -0.2) is 68.5 Å². The molecule has 0 N–H and O–H groups in total. The average molecular weight is 587 g/mol. The van der Waals surface area contributed by atoms with Crippen molar-refractivity contribution < 1.29 is 43.0 Å². The predicted octanol–water partition coefficient (Wildman–Crippen LogP) is 4.36. The van der Waals surface area contributed by atoms with Gasteiger partial charge in [-0.2, -0.15) is 0 Å². The second kappa shape index (κ2) is 13.8. The quantitative estimate of drug-likeness (QED) is 0.210. The van der Waals surface area contributed by atoms with Crippen molar-refractivity contribution in [2.75, 3.05) is 40.8 Å². The highest BCUT2D eigenvalue weighted by molar-refractivity contribution is 8.14. The van der Waals surface area contributed by atoms with E-state index in [9.17, 15) is 24.5 Å². The molecule has 0 amide bonds. The van der Waals surface area contributed by atoms with Crippen LogP contribution < -0.4 is 14.2 Å². The molecule has 218 valence electrons. The Morgan fingerprint density at radius 3 is 2.22 bits per heavy atom. The topological polar surface area (TPSA) is 153 Å². The lowest BCUT2D eigenvalue weighted by Gasteiger charge is -2.31. The number of nitro groups is 1. The van der Waals surface area contributed by atoms with Gasteiger partial charge >= 0.3 is 11.9 Å². The van der Waals surface area contributed by atoms with E-state index in [0.717, 1.165) is 11.8 Å². The van der Waals surface area contributed by atoms with Gasteiger partial charge < -0.3 is 23.7 Å². The smallest absolute Gasteiger partial charge is 0.336 e.